The Labute approximate surface area is 222 Å². The van der Waals surface area contributed by atoms with Crippen LogP contribution in [0, 0.1) is 5.92 Å². The zero-order valence-electron chi connectivity index (χ0n) is 21.2. The highest BCUT2D eigenvalue weighted by molar-refractivity contribution is 7.91. The summed E-state index contributed by atoms with van der Waals surface area (Å²) in [6.07, 6.45) is 6.50. The second kappa shape index (κ2) is 10.5. The monoisotopic (exact) mass is 545 g/mol. The number of anilines is 4. The Balaban J connectivity index is 1.41. The first-order chi connectivity index (χ1) is 17.7. The second-order valence-electron chi connectivity index (χ2n) is 10.1. The van der Waals surface area contributed by atoms with Gasteiger partial charge in [0.25, 0.3) is 0 Å². The zero-order valence-corrected chi connectivity index (χ0v) is 22.7. The number of aryl methyl sites for hydroxylation is 1. The third-order valence-corrected chi connectivity index (χ3v) is 8.51. The normalized spacial score (nSPS) is 17.8. The molecule has 5 rings (SSSR count). The first-order valence-corrected chi connectivity index (χ1v) is 14.6. The molecule has 2 aliphatic rings. The lowest BCUT2D eigenvalue weighted by Gasteiger charge is -2.17. The van der Waals surface area contributed by atoms with Crippen molar-refractivity contribution in [1.29, 1.82) is 0 Å². The lowest BCUT2D eigenvalue weighted by Crippen LogP contribution is -2.14. The maximum atomic E-state index is 12.9. The van der Waals surface area contributed by atoms with Crippen molar-refractivity contribution in [2.24, 2.45) is 13.0 Å². The van der Waals surface area contributed by atoms with Crippen molar-refractivity contribution in [2.45, 2.75) is 50.2 Å². The van der Waals surface area contributed by atoms with Crippen LogP contribution in [0.4, 0.5) is 23.1 Å². The van der Waals surface area contributed by atoms with Crippen LogP contribution in [-0.2, 0) is 16.9 Å². The summed E-state index contributed by atoms with van der Waals surface area (Å²) in [5, 5.41) is 14.1. The van der Waals surface area contributed by atoms with E-state index in [2.05, 4.69) is 43.1 Å². The molecule has 198 valence electrons. The molecule has 2 aromatic heterocycles. The van der Waals surface area contributed by atoms with Gasteiger partial charge in [0.05, 0.1) is 29.4 Å². The van der Waals surface area contributed by atoms with Crippen molar-refractivity contribution in [3.63, 3.8) is 0 Å². The minimum atomic E-state index is -3.60. The molecule has 37 heavy (non-hydrogen) atoms. The fourth-order valence-corrected chi connectivity index (χ4v) is 6.23. The number of benzene rings is 1. The van der Waals surface area contributed by atoms with Gasteiger partial charge in [0.2, 0.25) is 11.0 Å². The maximum absolute atomic E-state index is 12.9. The number of aromatic nitrogens is 4. The molecule has 12 heteroatoms. The Morgan fingerprint density at radius 3 is 2.73 bits per heavy atom. The Morgan fingerprint density at radius 2 is 2.03 bits per heavy atom. The molecule has 0 radical (unpaired) electrons. The van der Waals surface area contributed by atoms with E-state index in [4.69, 9.17) is 16.3 Å². The van der Waals surface area contributed by atoms with Crippen molar-refractivity contribution in [1.82, 2.24) is 25.1 Å². The van der Waals surface area contributed by atoms with Crippen LogP contribution in [-0.4, -0.2) is 53.1 Å². The van der Waals surface area contributed by atoms with Gasteiger partial charge in [0.15, 0.2) is 15.7 Å². The largest absolute Gasteiger partial charge is 0.488 e. The Hall–Kier alpha value is -2.89. The fraction of sp³-hybridized carbons (Fsp3) is 0.480. The summed E-state index contributed by atoms with van der Waals surface area (Å²) in [4.78, 5) is 8.86. The Morgan fingerprint density at radius 1 is 1.22 bits per heavy atom. The van der Waals surface area contributed by atoms with Gasteiger partial charge in [0, 0.05) is 19.8 Å². The lowest BCUT2D eigenvalue weighted by atomic mass is 9.98. The summed E-state index contributed by atoms with van der Waals surface area (Å²) in [6, 6.07) is 6.21. The highest BCUT2D eigenvalue weighted by Crippen LogP contribution is 2.37. The molecule has 1 saturated carbocycles. The lowest BCUT2D eigenvalue weighted by molar-refractivity contribution is 0.304. The summed E-state index contributed by atoms with van der Waals surface area (Å²) in [5.41, 5.74) is 2.32. The summed E-state index contributed by atoms with van der Waals surface area (Å²) >= 11 is 6.39. The summed E-state index contributed by atoms with van der Waals surface area (Å²) in [6.45, 7) is 5.69. The zero-order chi connectivity index (χ0) is 26.2. The van der Waals surface area contributed by atoms with Crippen LogP contribution < -0.4 is 20.7 Å². The number of halogens is 1. The Bertz CT molecular complexity index is 1380. The minimum Gasteiger partial charge on any atom is -0.488 e. The molecule has 1 aromatic carbocycles. The van der Waals surface area contributed by atoms with Crippen LogP contribution in [0.3, 0.4) is 0 Å². The van der Waals surface area contributed by atoms with Crippen LogP contribution in [0.25, 0.3) is 0 Å². The van der Waals surface area contributed by atoms with E-state index >= 15 is 0 Å². The molecule has 0 bridgehead atoms. The van der Waals surface area contributed by atoms with Crippen LogP contribution >= 0.6 is 11.6 Å². The smallest absolute Gasteiger partial charge is 0.229 e. The first-order valence-electron chi connectivity index (χ1n) is 12.5. The quantitative estimate of drug-likeness (QED) is 0.340. The van der Waals surface area contributed by atoms with Crippen molar-refractivity contribution < 1.29 is 13.2 Å². The summed E-state index contributed by atoms with van der Waals surface area (Å²) in [7, 11) is -1.93. The molecule has 1 saturated heterocycles. The van der Waals surface area contributed by atoms with E-state index in [9.17, 15) is 8.42 Å². The van der Waals surface area contributed by atoms with Gasteiger partial charge in [-0.2, -0.15) is 10.1 Å². The molecule has 0 spiro atoms. The average molecular weight is 546 g/mol. The fourth-order valence-electron chi connectivity index (χ4n) is 4.36. The number of hydrogen-bond acceptors (Lipinski definition) is 9. The van der Waals surface area contributed by atoms with Crippen molar-refractivity contribution in [3.05, 3.63) is 41.2 Å². The van der Waals surface area contributed by atoms with Crippen molar-refractivity contribution >= 4 is 44.6 Å². The van der Waals surface area contributed by atoms with E-state index in [-0.39, 0.29) is 33.6 Å². The van der Waals surface area contributed by atoms with E-state index in [1.165, 1.54) is 16.4 Å². The highest BCUT2D eigenvalue weighted by atomic mass is 35.5. The topological polar surface area (TPSA) is 123 Å². The van der Waals surface area contributed by atoms with E-state index < -0.39 is 9.84 Å². The molecule has 1 unspecified atom stereocenters. The molecule has 1 aliphatic carbocycles. The highest BCUT2D eigenvalue weighted by Gasteiger charge is 2.27. The van der Waals surface area contributed by atoms with Crippen molar-refractivity contribution in [2.75, 3.05) is 29.5 Å². The summed E-state index contributed by atoms with van der Waals surface area (Å²) < 4.78 is 33.5. The predicted molar refractivity (Wildman–Crippen MR) is 144 cm³/mol. The number of ether oxygens (including phenoxy) is 1. The number of hydrogen-bond donors (Lipinski definition) is 3. The third-order valence-electron chi connectivity index (χ3n) is 6.24. The van der Waals surface area contributed by atoms with Gasteiger partial charge in [-0.15, -0.1) is 0 Å². The number of sulfone groups is 1. The molecule has 2 fully saturated rings. The molecular weight excluding hydrogens is 514 g/mol. The van der Waals surface area contributed by atoms with Gasteiger partial charge in [-0.1, -0.05) is 31.5 Å². The van der Waals surface area contributed by atoms with Crippen molar-refractivity contribution in [3.8, 4) is 5.75 Å². The minimum absolute atomic E-state index is 0.0142. The molecule has 1 aliphatic heterocycles. The molecular formula is C25H32ClN7O3S. The second-order valence-corrected chi connectivity index (χ2v) is 12.5. The van der Waals surface area contributed by atoms with E-state index in [1.54, 1.807) is 13.2 Å². The predicted octanol–water partition coefficient (Wildman–Crippen LogP) is 4.40. The van der Waals surface area contributed by atoms with Gasteiger partial charge in [0.1, 0.15) is 10.8 Å². The standard InChI is InChI=1S/C25H32ClN7O3S/c1-15(2)14-37(34,35)24-21(13-33(3)32-24)29-23-19(26)12-28-25(31-23)30-20-7-4-16(17-8-9-27-11-17)10-22(20)36-18-5-6-18/h4,7,10,12-13,15,17-18,27H,5-6,8-9,11,14H2,1-3H3,(H2,28,29,30,31). The summed E-state index contributed by atoms with van der Waals surface area (Å²) in [5.74, 6) is 1.76. The number of nitrogens with zero attached hydrogens (tertiary/aromatic N) is 4. The SMILES string of the molecule is CC(C)CS(=O)(=O)c1nn(C)cc1Nc1nc(Nc2ccc(C3CCNC3)cc2OC2CC2)ncc1Cl. The first kappa shape index (κ1) is 25.7. The van der Waals surface area contributed by atoms with Gasteiger partial charge >= 0.3 is 0 Å². The Kier molecular flexibility index (Phi) is 7.28. The van der Waals surface area contributed by atoms with E-state index in [0.717, 1.165) is 43.8 Å². The van der Waals surface area contributed by atoms with Gasteiger partial charge in [-0.05, 0) is 55.3 Å². The van der Waals surface area contributed by atoms with Crippen LogP contribution in [0.2, 0.25) is 5.02 Å². The van der Waals surface area contributed by atoms with Crippen LogP contribution in [0.1, 0.15) is 44.6 Å². The molecule has 3 heterocycles. The molecule has 10 nitrogen and oxygen atoms in total. The average Bonchev–Trinajstić information content (AvgIpc) is 3.31. The van der Waals surface area contributed by atoms with Gasteiger partial charge in [-0.3, -0.25) is 4.68 Å². The van der Waals surface area contributed by atoms with Gasteiger partial charge in [-0.25, -0.2) is 13.4 Å². The van der Waals surface area contributed by atoms with E-state index in [0.29, 0.717) is 17.6 Å². The van der Waals surface area contributed by atoms with Gasteiger partial charge < -0.3 is 20.7 Å². The van der Waals surface area contributed by atoms with E-state index in [1.807, 2.05) is 19.9 Å². The number of nitrogens with one attached hydrogen (secondary N) is 3. The molecule has 3 N–H and O–H groups in total. The van der Waals surface area contributed by atoms with Crippen LogP contribution in [0.5, 0.6) is 5.75 Å². The molecule has 3 aromatic rings. The molecule has 1 atom stereocenters. The third kappa shape index (κ3) is 6.16. The van der Waals surface area contributed by atoms with Crippen LogP contribution in [0.15, 0.2) is 35.6 Å². The maximum Gasteiger partial charge on any atom is 0.229 e. The number of rotatable bonds is 10. The molecule has 0 amide bonds.